The number of aryl methyl sites for hydroxylation is 1. The number of nitrogens with two attached hydrogens (primary N) is 1. The summed E-state index contributed by atoms with van der Waals surface area (Å²) >= 11 is 0. The molecule has 1 unspecified atom stereocenters. The van der Waals surface area contributed by atoms with Crippen molar-refractivity contribution in [3.05, 3.63) is 29.3 Å². The SMILES string of the molecule is Cc1cccc(OC(C)CC(N)=NO)c1C. The molecular formula is C12H18N2O2. The van der Waals surface area contributed by atoms with Crippen molar-refractivity contribution in [1.82, 2.24) is 0 Å². The van der Waals surface area contributed by atoms with E-state index in [1.54, 1.807) is 0 Å². The second kappa shape index (κ2) is 5.39. The maximum atomic E-state index is 8.46. The summed E-state index contributed by atoms with van der Waals surface area (Å²) in [4.78, 5) is 0. The first-order valence-electron chi connectivity index (χ1n) is 5.24. The van der Waals surface area contributed by atoms with E-state index in [2.05, 4.69) is 5.16 Å². The number of amidine groups is 1. The molecule has 0 saturated carbocycles. The van der Waals surface area contributed by atoms with Gasteiger partial charge in [-0.1, -0.05) is 17.3 Å². The van der Waals surface area contributed by atoms with Crippen molar-refractivity contribution in [2.75, 3.05) is 0 Å². The molecule has 0 spiro atoms. The van der Waals surface area contributed by atoms with E-state index in [1.807, 2.05) is 39.0 Å². The molecule has 0 aliphatic carbocycles. The van der Waals surface area contributed by atoms with Crippen molar-refractivity contribution in [1.29, 1.82) is 0 Å². The number of rotatable bonds is 4. The van der Waals surface area contributed by atoms with Gasteiger partial charge in [0.2, 0.25) is 0 Å². The molecule has 0 bridgehead atoms. The van der Waals surface area contributed by atoms with Crippen molar-refractivity contribution in [3.8, 4) is 5.75 Å². The van der Waals surface area contributed by atoms with Crippen molar-refractivity contribution in [2.24, 2.45) is 10.9 Å². The maximum Gasteiger partial charge on any atom is 0.142 e. The van der Waals surface area contributed by atoms with Crippen LogP contribution in [0, 0.1) is 13.8 Å². The third kappa shape index (κ3) is 3.15. The molecule has 3 N–H and O–H groups in total. The van der Waals surface area contributed by atoms with Gasteiger partial charge in [0.15, 0.2) is 0 Å². The van der Waals surface area contributed by atoms with Crippen LogP contribution in [0.5, 0.6) is 5.75 Å². The Morgan fingerprint density at radius 2 is 2.19 bits per heavy atom. The van der Waals surface area contributed by atoms with Crippen LogP contribution in [0.3, 0.4) is 0 Å². The molecule has 0 saturated heterocycles. The van der Waals surface area contributed by atoms with E-state index < -0.39 is 0 Å². The fourth-order valence-corrected chi connectivity index (χ4v) is 1.45. The van der Waals surface area contributed by atoms with Gasteiger partial charge in [0.1, 0.15) is 17.7 Å². The average molecular weight is 222 g/mol. The van der Waals surface area contributed by atoms with Gasteiger partial charge in [-0.3, -0.25) is 0 Å². The van der Waals surface area contributed by atoms with Crippen LogP contribution in [-0.4, -0.2) is 17.1 Å². The summed E-state index contributed by atoms with van der Waals surface area (Å²) in [6.45, 7) is 5.94. The summed E-state index contributed by atoms with van der Waals surface area (Å²) in [5, 5.41) is 11.4. The molecule has 16 heavy (non-hydrogen) atoms. The molecule has 0 heterocycles. The third-order valence-corrected chi connectivity index (χ3v) is 2.51. The van der Waals surface area contributed by atoms with Gasteiger partial charge in [0.25, 0.3) is 0 Å². The topological polar surface area (TPSA) is 67.8 Å². The lowest BCUT2D eigenvalue weighted by Gasteiger charge is -2.16. The Bertz CT molecular complexity index is 389. The van der Waals surface area contributed by atoms with Crippen LogP contribution in [0.2, 0.25) is 0 Å². The summed E-state index contributed by atoms with van der Waals surface area (Å²) in [5.41, 5.74) is 7.72. The van der Waals surface area contributed by atoms with Gasteiger partial charge < -0.3 is 15.7 Å². The monoisotopic (exact) mass is 222 g/mol. The Morgan fingerprint density at radius 3 is 2.81 bits per heavy atom. The Morgan fingerprint density at radius 1 is 1.50 bits per heavy atom. The van der Waals surface area contributed by atoms with Gasteiger partial charge in [-0.15, -0.1) is 0 Å². The van der Waals surface area contributed by atoms with Gasteiger partial charge in [-0.2, -0.15) is 0 Å². The van der Waals surface area contributed by atoms with Crippen LogP contribution in [0.4, 0.5) is 0 Å². The van der Waals surface area contributed by atoms with E-state index in [0.29, 0.717) is 6.42 Å². The highest BCUT2D eigenvalue weighted by atomic mass is 16.5. The first kappa shape index (κ1) is 12.4. The maximum absolute atomic E-state index is 8.46. The standard InChI is InChI=1S/C12H18N2O2/c1-8-5-4-6-11(10(8)3)16-9(2)7-12(13)14-15/h4-6,9,15H,7H2,1-3H3,(H2,13,14). The molecule has 0 aliphatic heterocycles. The minimum absolute atomic E-state index is 0.114. The second-order valence-corrected chi connectivity index (χ2v) is 3.92. The predicted octanol–water partition coefficient (Wildman–Crippen LogP) is 2.21. The van der Waals surface area contributed by atoms with Gasteiger partial charge in [-0.25, -0.2) is 0 Å². The zero-order valence-electron chi connectivity index (χ0n) is 9.90. The molecule has 1 atom stereocenters. The van der Waals surface area contributed by atoms with Crippen LogP contribution >= 0.6 is 0 Å². The summed E-state index contributed by atoms with van der Waals surface area (Å²) < 4.78 is 5.73. The number of hydrogen-bond donors (Lipinski definition) is 2. The van der Waals surface area contributed by atoms with Crippen LogP contribution < -0.4 is 10.5 Å². The third-order valence-electron chi connectivity index (χ3n) is 2.51. The van der Waals surface area contributed by atoms with E-state index in [1.165, 1.54) is 5.56 Å². The van der Waals surface area contributed by atoms with E-state index in [9.17, 15) is 0 Å². The Balaban J connectivity index is 2.70. The Labute approximate surface area is 95.7 Å². The van der Waals surface area contributed by atoms with Crippen molar-refractivity contribution in [2.45, 2.75) is 33.3 Å². The molecule has 4 nitrogen and oxygen atoms in total. The van der Waals surface area contributed by atoms with Gasteiger partial charge >= 0.3 is 0 Å². The molecule has 4 heteroatoms. The molecule has 0 aliphatic rings. The number of nitrogens with zero attached hydrogens (tertiary/aromatic N) is 1. The number of oxime groups is 1. The average Bonchev–Trinajstić information content (AvgIpc) is 2.24. The minimum Gasteiger partial charge on any atom is -0.490 e. The van der Waals surface area contributed by atoms with Crippen LogP contribution in [0.1, 0.15) is 24.5 Å². The summed E-state index contributed by atoms with van der Waals surface area (Å²) in [5.74, 6) is 1.02. The summed E-state index contributed by atoms with van der Waals surface area (Å²) in [7, 11) is 0. The molecule has 0 amide bonds. The second-order valence-electron chi connectivity index (χ2n) is 3.92. The highest BCUT2D eigenvalue weighted by molar-refractivity contribution is 5.80. The molecule has 1 aromatic rings. The van der Waals surface area contributed by atoms with Gasteiger partial charge in [0.05, 0.1) is 0 Å². The summed E-state index contributed by atoms with van der Waals surface area (Å²) in [6, 6.07) is 5.91. The molecular weight excluding hydrogens is 204 g/mol. The van der Waals surface area contributed by atoms with Crippen LogP contribution in [0.25, 0.3) is 0 Å². The zero-order valence-corrected chi connectivity index (χ0v) is 9.90. The van der Waals surface area contributed by atoms with E-state index in [4.69, 9.17) is 15.7 Å². The first-order valence-corrected chi connectivity index (χ1v) is 5.24. The van der Waals surface area contributed by atoms with E-state index in [0.717, 1.165) is 11.3 Å². The number of benzene rings is 1. The lowest BCUT2D eigenvalue weighted by Crippen LogP contribution is -2.23. The fourth-order valence-electron chi connectivity index (χ4n) is 1.45. The predicted molar refractivity (Wildman–Crippen MR) is 64.0 cm³/mol. The molecule has 1 aromatic carbocycles. The van der Waals surface area contributed by atoms with Crippen molar-refractivity contribution >= 4 is 5.84 Å². The lowest BCUT2D eigenvalue weighted by atomic mass is 10.1. The van der Waals surface area contributed by atoms with Gasteiger partial charge in [-0.05, 0) is 38.0 Å². The van der Waals surface area contributed by atoms with Crippen molar-refractivity contribution in [3.63, 3.8) is 0 Å². The highest BCUT2D eigenvalue weighted by Gasteiger charge is 2.09. The zero-order chi connectivity index (χ0) is 12.1. The summed E-state index contributed by atoms with van der Waals surface area (Å²) in [6.07, 6.45) is 0.292. The normalized spacial score (nSPS) is 13.6. The molecule has 0 fully saturated rings. The Hall–Kier alpha value is -1.71. The van der Waals surface area contributed by atoms with E-state index in [-0.39, 0.29) is 11.9 Å². The molecule has 0 radical (unpaired) electrons. The fraction of sp³-hybridized carbons (Fsp3) is 0.417. The number of hydrogen-bond acceptors (Lipinski definition) is 3. The van der Waals surface area contributed by atoms with Gasteiger partial charge in [0, 0.05) is 6.42 Å². The minimum atomic E-state index is -0.114. The Kier molecular flexibility index (Phi) is 4.17. The highest BCUT2D eigenvalue weighted by Crippen LogP contribution is 2.22. The molecule has 88 valence electrons. The smallest absolute Gasteiger partial charge is 0.142 e. The van der Waals surface area contributed by atoms with E-state index >= 15 is 0 Å². The first-order chi connectivity index (χ1) is 7.54. The molecule has 0 aromatic heterocycles. The lowest BCUT2D eigenvalue weighted by molar-refractivity contribution is 0.225. The molecule has 1 rings (SSSR count). The van der Waals surface area contributed by atoms with Crippen molar-refractivity contribution < 1.29 is 9.94 Å². The largest absolute Gasteiger partial charge is 0.490 e. The number of ether oxygens (including phenoxy) is 1. The van der Waals surface area contributed by atoms with Crippen LogP contribution in [-0.2, 0) is 0 Å². The van der Waals surface area contributed by atoms with Crippen LogP contribution in [0.15, 0.2) is 23.4 Å². The quantitative estimate of drug-likeness (QED) is 0.355.